The van der Waals surface area contributed by atoms with Gasteiger partial charge in [0.2, 0.25) is 0 Å². The van der Waals surface area contributed by atoms with E-state index in [-0.39, 0.29) is 10.6 Å². The molecule has 4 nitrogen and oxygen atoms in total. The van der Waals surface area contributed by atoms with E-state index in [1.54, 1.807) is 12.1 Å². The zero-order chi connectivity index (χ0) is 12.6. The highest BCUT2D eigenvalue weighted by Gasteiger charge is 2.13. The number of hydrogen-bond donors (Lipinski definition) is 1. The number of nitrogens with two attached hydrogens (primary N) is 1. The summed E-state index contributed by atoms with van der Waals surface area (Å²) >= 11 is 12.0. The third-order valence-corrected chi connectivity index (χ3v) is 3.04. The minimum atomic E-state index is -0.627. The first-order chi connectivity index (χ1) is 8.04. The van der Waals surface area contributed by atoms with Crippen molar-refractivity contribution in [3.8, 4) is 5.75 Å². The van der Waals surface area contributed by atoms with Crippen molar-refractivity contribution in [3.05, 3.63) is 33.9 Å². The van der Waals surface area contributed by atoms with E-state index in [9.17, 15) is 4.79 Å². The number of carbonyl (C=O) groups is 1. The highest BCUT2D eigenvalue weighted by Crippen LogP contribution is 2.33. The summed E-state index contributed by atoms with van der Waals surface area (Å²) in [5.74, 6) is -0.164. The lowest BCUT2D eigenvalue weighted by atomic mass is 10.1. The second-order valence-electron chi connectivity index (χ2n) is 3.35. The van der Waals surface area contributed by atoms with Crippen LogP contribution in [0.3, 0.4) is 0 Å². The zero-order valence-electron chi connectivity index (χ0n) is 8.83. The lowest BCUT2D eigenvalue weighted by Crippen LogP contribution is -2.12. The maximum absolute atomic E-state index is 11.1. The molecule has 0 unspecified atom stereocenters. The summed E-state index contributed by atoms with van der Waals surface area (Å²) in [5, 5.41) is 1.25. The van der Waals surface area contributed by atoms with Crippen LogP contribution in [0.2, 0.25) is 10.0 Å². The number of carbonyl (C=O) groups excluding carboxylic acids is 1. The number of benzene rings is 1. The van der Waals surface area contributed by atoms with E-state index in [0.717, 1.165) is 0 Å². The van der Waals surface area contributed by atoms with Crippen molar-refractivity contribution >= 4 is 40.0 Å². The molecular weight excluding hydrogens is 263 g/mol. The van der Waals surface area contributed by atoms with Gasteiger partial charge in [0.05, 0.1) is 28.2 Å². The minimum absolute atomic E-state index is 0.170. The Hall–Kier alpha value is -1.52. The predicted molar refractivity (Wildman–Crippen MR) is 66.8 cm³/mol. The summed E-state index contributed by atoms with van der Waals surface area (Å²) in [5.41, 5.74) is 5.93. The normalized spacial score (nSPS) is 10.5. The molecule has 0 fully saturated rings. The van der Waals surface area contributed by atoms with E-state index >= 15 is 0 Å². The number of rotatable bonds is 2. The Kier molecular flexibility index (Phi) is 3.09. The van der Waals surface area contributed by atoms with Crippen molar-refractivity contribution in [2.45, 2.75) is 0 Å². The number of halogens is 2. The molecule has 0 saturated carbocycles. The molecule has 0 bridgehead atoms. The number of methoxy groups -OCH3 is 1. The van der Waals surface area contributed by atoms with E-state index in [2.05, 4.69) is 4.98 Å². The highest BCUT2D eigenvalue weighted by atomic mass is 35.5. The Morgan fingerprint density at radius 3 is 2.71 bits per heavy atom. The topological polar surface area (TPSA) is 65.2 Å². The summed E-state index contributed by atoms with van der Waals surface area (Å²) < 4.78 is 5.07. The van der Waals surface area contributed by atoms with E-state index in [1.165, 1.54) is 13.3 Å². The first kappa shape index (κ1) is 12.0. The third kappa shape index (κ3) is 2.01. The number of hydrogen-bond acceptors (Lipinski definition) is 3. The molecule has 2 N–H and O–H groups in total. The van der Waals surface area contributed by atoms with Crippen LogP contribution in [0.15, 0.2) is 18.3 Å². The molecule has 2 aromatic rings. The van der Waals surface area contributed by atoms with Crippen molar-refractivity contribution in [1.82, 2.24) is 4.98 Å². The number of primary amides is 1. The lowest BCUT2D eigenvalue weighted by molar-refractivity contribution is 0.100. The van der Waals surface area contributed by atoms with Gasteiger partial charge in [-0.05, 0) is 12.1 Å². The summed E-state index contributed by atoms with van der Waals surface area (Å²) in [4.78, 5) is 15.2. The van der Waals surface area contributed by atoms with Gasteiger partial charge in [-0.3, -0.25) is 9.78 Å². The highest BCUT2D eigenvalue weighted by molar-refractivity contribution is 6.39. The van der Waals surface area contributed by atoms with Gasteiger partial charge in [0.25, 0.3) is 5.91 Å². The fourth-order valence-electron chi connectivity index (χ4n) is 1.49. The number of aromatic nitrogens is 1. The van der Waals surface area contributed by atoms with Crippen molar-refractivity contribution in [3.63, 3.8) is 0 Å². The first-order valence-corrected chi connectivity index (χ1v) is 5.41. The van der Waals surface area contributed by atoms with Crippen LogP contribution in [0.25, 0.3) is 10.9 Å². The van der Waals surface area contributed by atoms with Gasteiger partial charge in [-0.2, -0.15) is 0 Å². The average molecular weight is 271 g/mol. The van der Waals surface area contributed by atoms with Crippen LogP contribution >= 0.6 is 23.2 Å². The molecule has 1 heterocycles. The fourth-order valence-corrected chi connectivity index (χ4v) is 2.02. The van der Waals surface area contributed by atoms with Gasteiger partial charge in [-0.1, -0.05) is 23.2 Å². The monoisotopic (exact) mass is 270 g/mol. The number of fused-ring (bicyclic) bond motifs is 1. The minimum Gasteiger partial charge on any atom is -0.495 e. The molecule has 1 amide bonds. The molecule has 1 aromatic carbocycles. The quantitative estimate of drug-likeness (QED) is 0.913. The van der Waals surface area contributed by atoms with Gasteiger partial charge in [-0.15, -0.1) is 0 Å². The first-order valence-electron chi connectivity index (χ1n) is 4.66. The van der Waals surface area contributed by atoms with E-state index in [1.807, 2.05) is 0 Å². The number of amides is 1. The molecule has 0 aliphatic heterocycles. The van der Waals surface area contributed by atoms with Crippen LogP contribution in [-0.4, -0.2) is 18.0 Å². The van der Waals surface area contributed by atoms with Crippen LogP contribution < -0.4 is 10.5 Å². The number of ether oxygens (including phenoxy) is 1. The molecule has 0 spiro atoms. The van der Waals surface area contributed by atoms with Crippen LogP contribution in [-0.2, 0) is 0 Å². The molecular formula is C11H8Cl2N2O2. The molecule has 1 aromatic heterocycles. The van der Waals surface area contributed by atoms with Gasteiger partial charge in [-0.25, -0.2) is 0 Å². The Labute approximate surface area is 107 Å². The Morgan fingerprint density at radius 2 is 2.12 bits per heavy atom. The maximum atomic E-state index is 11.1. The predicted octanol–water partition coefficient (Wildman–Crippen LogP) is 2.65. The lowest BCUT2D eigenvalue weighted by Gasteiger charge is -2.08. The molecule has 0 radical (unpaired) electrons. The van der Waals surface area contributed by atoms with E-state index in [0.29, 0.717) is 21.7 Å². The van der Waals surface area contributed by atoms with Crippen LogP contribution in [0, 0.1) is 0 Å². The molecule has 0 aliphatic carbocycles. The summed E-state index contributed by atoms with van der Waals surface area (Å²) in [7, 11) is 1.49. The SMILES string of the molecule is COc1cc2c(Cl)c(C(N)=O)cnc2cc1Cl. The van der Waals surface area contributed by atoms with E-state index < -0.39 is 5.91 Å². The standard InChI is InChI=1S/C11H8Cl2N2O2/c1-17-9-2-5-8(3-7(9)12)15-4-6(10(5)13)11(14)16/h2-4H,1H3,(H2,14,16). The van der Waals surface area contributed by atoms with Crippen LogP contribution in [0.4, 0.5) is 0 Å². The Morgan fingerprint density at radius 1 is 1.41 bits per heavy atom. The summed E-state index contributed by atoms with van der Waals surface area (Å²) in [6.07, 6.45) is 1.33. The second kappa shape index (κ2) is 4.39. The molecule has 2 rings (SSSR count). The number of nitrogens with zero attached hydrogens (tertiary/aromatic N) is 1. The largest absolute Gasteiger partial charge is 0.495 e. The zero-order valence-corrected chi connectivity index (χ0v) is 10.3. The second-order valence-corrected chi connectivity index (χ2v) is 4.14. The number of pyridine rings is 1. The maximum Gasteiger partial charge on any atom is 0.251 e. The Balaban J connectivity index is 2.80. The van der Waals surface area contributed by atoms with Gasteiger partial charge in [0.15, 0.2) is 0 Å². The van der Waals surface area contributed by atoms with Gasteiger partial charge in [0, 0.05) is 11.6 Å². The van der Waals surface area contributed by atoms with Gasteiger partial charge < -0.3 is 10.5 Å². The summed E-state index contributed by atoms with van der Waals surface area (Å²) in [6.45, 7) is 0. The smallest absolute Gasteiger partial charge is 0.251 e. The molecule has 17 heavy (non-hydrogen) atoms. The van der Waals surface area contributed by atoms with Crippen molar-refractivity contribution in [2.24, 2.45) is 5.73 Å². The van der Waals surface area contributed by atoms with Gasteiger partial charge in [0.1, 0.15) is 5.75 Å². The van der Waals surface area contributed by atoms with Gasteiger partial charge >= 0.3 is 0 Å². The average Bonchev–Trinajstić information content (AvgIpc) is 2.28. The summed E-state index contributed by atoms with van der Waals surface area (Å²) in [6, 6.07) is 3.24. The molecule has 0 saturated heterocycles. The van der Waals surface area contributed by atoms with Crippen LogP contribution in [0.5, 0.6) is 5.75 Å². The van der Waals surface area contributed by atoms with Crippen molar-refractivity contribution in [2.75, 3.05) is 7.11 Å². The van der Waals surface area contributed by atoms with Crippen LogP contribution in [0.1, 0.15) is 10.4 Å². The molecule has 6 heteroatoms. The van der Waals surface area contributed by atoms with Crippen molar-refractivity contribution in [1.29, 1.82) is 0 Å². The fraction of sp³-hybridized carbons (Fsp3) is 0.0909. The van der Waals surface area contributed by atoms with E-state index in [4.69, 9.17) is 33.7 Å². The Bertz CT molecular complexity index is 614. The third-order valence-electron chi connectivity index (χ3n) is 2.34. The molecule has 0 atom stereocenters. The van der Waals surface area contributed by atoms with Crippen molar-refractivity contribution < 1.29 is 9.53 Å². The molecule has 0 aliphatic rings. The molecule has 88 valence electrons.